The van der Waals surface area contributed by atoms with E-state index in [4.69, 9.17) is 5.11 Å². The van der Waals surface area contributed by atoms with Crippen molar-refractivity contribution in [3.05, 3.63) is 0 Å². The molecule has 17 heavy (non-hydrogen) atoms. The van der Waals surface area contributed by atoms with Gasteiger partial charge in [-0.3, -0.25) is 14.5 Å². The van der Waals surface area contributed by atoms with Crippen LogP contribution in [0, 0.1) is 0 Å². The predicted octanol–water partition coefficient (Wildman–Crippen LogP) is 0.794. The number of hydrogen-bond acceptors (Lipinski definition) is 3. The third-order valence-corrected chi connectivity index (χ3v) is 3.08. The van der Waals surface area contributed by atoms with Gasteiger partial charge in [0.2, 0.25) is 5.91 Å². The summed E-state index contributed by atoms with van der Waals surface area (Å²) in [6.07, 6.45) is 1.15. The highest BCUT2D eigenvalue weighted by molar-refractivity contribution is 5.79. The number of amides is 1. The summed E-state index contributed by atoms with van der Waals surface area (Å²) in [5.41, 5.74) is -0.185. The highest BCUT2D eigenvalue weighted by atomic mass is 16.4. The second-order valence-electron chi connectivity index (χ2n) is 5.47. The van der Waals surface area contributed by atoms with Crippen molar-refractivity contribution in [3.63, 3.8) is 0 Å². The third-order valence-electron chi connectivity index (χ3n) is 3.08. The Morgan fingerprint density at radius 1 is 1.29 bits per heavy atom. The number of carboxylic acids is 1. The van der Waals surface area contributed by atoms with E-state index >= 15 is 0 Å². The molecule has 1 aliphatic heterocycles. The zero-order chi connectivity index (χ0) is 13.1. The summed E-state index contributed by atoms with van der Waals surface area (Å²) in [6.45, 7) is 8.41. The molecule has 0 aromatic heterocycles. The average Bonchev–Trinajstić information content (AvgIpc) is 2.06. The van der Waals surface area contributed by atoms with Crippen molar-refractivity contribution in [1.29, 1.82) is 0 Å². The fraction of sp³-hybridized carbons (Fsp3) is 0.833. The Morgan fingerprint density at radius 2 is 1.88 bits per heavy atom. The maximum atomic E-state index is 11.9. The summed E-state index contributed by atoms with van der Waals surface area (Å²) in [5.74, 6) is -0.716. The lowest BCUT2D eigenvalue weighted by atomic mass is 10.1. The van der Waals surface area contributed by atoms with Gasteiger partial charge in [0.15, 0.2) is 0 Å². The molecule has 1 fully saturated rings. The topological polar surface area (TPSA) is 60.9 Å². The largest absolute Gasteiger partial charge is 0.481 e. The minimum Gasteiger partial charge on any atom is -0.481 e. The van der Waals surface area contributed by atoms with Crippen LogP contribution in [0.2, 0.25) is 0 Å². The van der Waals surface area contributed by atoms with Crippen LogP contribution in [0.25, 0.3) is 0 Å². The van der Waals surface area contributed by atoms with Gasteiger partial charge in [-0.15, -0.1) is 0 Å². The van der Waals surface area contributed by atoms with Gasteiger partial charge in [0.1, 0.15) is 0 Å². The lowest BCUT2D eigenvalue weighted by Gasteiger charge is -2.38. The van der Waals surface area contributed by atoms with E-state index in [0.717, 1.165) is 19.5 Å². The standard InChI is InChI=1S/C12H22N2O3/c1-12(2,3)14(8-5-11(16)17)9-10(15)13-6-4-7-13/h4-9H2,1-3H3,(H,16,17). The van der Waals surface area contributed by atoms with Crippen molar-refractivity contribution in [2.45, 2.75) is 39.2 Å². The summed E-state index contributed by atoms with van der Waals surface area (Å²) in [4.78, 5) is 26.2. The smallest absolute Gasteiger partial charge is 0.304 e. The molecular weight excluding hydrogens is 220 g/mol. The number of carboxylic acid groups (broad SMARTS) is 1. The second kappa shape index (κ2) is 5.49. The summed E-state index contributed by atoms with van der Waals surface area (Å²) in [7, 11) is 0. The van der Waals surface area contributed by atoms with Gasteiger partial charge < -0.3 is 10.0 Å². The lowest BCUT2D eigenvalue weighted by molar-refractivity contribution is -0.140. The molecule has 0 aromatic carbocycles. The number of likely N-dealkylation sites (tertiary alicyclic amines) is 1. The Kier molecular flexibility index (Phi) is 4.51. The van der Waals surface area contributed by atoms with Crippen molar-refractivity contribution in [2.75, 3.05) is 26.2 Å². The molecule has 0 bridgehead atoms. The van der Waals surface area contributed by atoms with Crippen LogP contribution in [0.3, 0.4) is 0 Å². The zero-order valence-electron chi connectivity index (χ0n) is 10.9. The number of rotatable bonds is 5. The molecule has 5 nitrogen and oxygen atoms in total. The minimum absolute atomic E-state index is 0.0740. The molecule has 1 N–H and O–H groups in total. The molecule has 0 atom stereocenters. The van der Waals surface area contributed by atoms with Gasteiger partial charge in [-0.05, 0) is 27.2 Å². The summed E-state index contributed by atoms with van der Waals surface area (Å²) in [6, 6.07) is 0. The van der Waals surface area contributed by atoms with Gasteiger partial charge in [0.25, 0.3) is 0 Å². The molecule has 1 rings (SSSR count). The van der Waals surface area contributed by atoms with E-state index < -0.39 is 5.97 Å². The number of carbonyl (C=O) groups is 2. The summed E-state index contributed by atoms with van der Waals surface area (Å²) in [5, 5.41) is 8.71. The molecule has 98 valence electrons. The zero-order valence-corrected chi connectivity index (χ0v) is 10.9. The van der Waals surface area contributed by atoms with Crippen LogP contribution in [-0.4, -0.2) is 58.5 Å². The van der Waals surface area contributed by atoms with Gasteiger partial charge in [0.05, 0.1) is 13.0 Å². The van der Waals surface area contributed by atoms with Crippen LogP contribution in [0.4, 0.5) is 0 Å². The number of carbonyl (C=O) groups excluding carboxylic acids is 1. The van der Waals surface area contributed by atoms with E-state index in [1.165, 1.54) is 0 Å². The highest BCUT2D eigenvalue weighted by Gasteiger charge is 2.28. The number of nitrogens with zero attached hydrogens (tertiary/aromatic N) is 2. The quantitative estimate of drug-likeness (QED) is 0.774. The monoisotopic (exact) mass is 242 g/mol. The molecule has 1 aliphatic rings. The summed E-state index contributed by atoms with van der Waals surface area (Å²) >= 11 is 0. The first-order chi connectivity index (χ1) is 7.80. The molecule has 0 saturated carbocycles. The van der Waals surface area contributed by atoms with Crippen LogP contribution < -0.4 is 0 Å². The highest BCUT2D eigenvalue weighted by Crippen LogP contribution is 2.15. The number of hydrogen-bond donors (Lipinski definition) is 1. The molecule has 1 amide bonds. The van der Waals surface area contributed by atoms with Crippen LogP contribution in [0.15, 0.2) is 0 Å². The van der Waals surface area contributed by atoms with Crippen molar-refractivity contribution in [2.24, 2.45) is 0 Å². The van der Waals surface area contributed by atoms with Crippen molar-refractivity contribution < 1.29 is 14.7 Å². The van der Waals surface area contributed by atoms with E-state index in [-0.39, 0.29) is 17.9 Å². The third kappa shape index (κ3) is 4.34. The SMILES string of the molecule is CC(C)(C)N(CCC(=O)O)CC(=O)N1CCC1. The predicted molar refractivity (Wildman–Crippen MR) is 64.8 cm³/mol. The first-order valence-electron chi connectivity index (χ1n) is 6.05. The van der Waals surface area contributed by atoms with Gasteiger partial charge >= 0.3 is 5.97 Å². The van der Waals surface area contributed by atoms with Crippen molar-refractivity contribution >= 4 is 11.9 Å². The molecule has 0 aliphatic carbocycles. The minimum atomic E-state index is -0.823. The first kappa shape index (κ1) is 14.0. The van der Waals surface area contributed by atoms with Gasteiger partial charge in [0, 0.05) is 25.2 Å². The molecule has 0 spiro atoms. The normalized spacial score (nSPS) is 15.9. The Balaban J connectivity index is 2.50. The van der Waals surface area contributed by atoms with Crippen LogP contribution in [-0.2, 0) is 9.59 Å². The Labute approximate surface area is 102 Å². The average molecular weight is 242 g/mol. The van der Waals surface area contributed by atoms with E-state index in [0.29, 0.717) is 13.1 Å². The van der Waals surface area contributed by atoms with Crippen LogP contribution >= 0.6 is 0 Å². The van der Waals surface area contributed by atoms with Crippen LogP contribution in [0.1, 0.15) is 33.6 Å². The first-order valence-corrected chi connectivity index (χ1v) is 6.05. The fourth-order valence-corrected chi connectivity index (χ4v) is 1.71. The molecular formula is C12H22N2O3. The second-order valence-corrected chi connectivity index (χ2v) is 5.47. The van der Waals surface area contributed by atoms with Crippen molar-refractivity contribution in [1.82, 2.24) is 9.80 Å². The van der Waals surface area contributed by atoms with E-state index in [1.54, 1.807) is 0 Å². The molecule has 5 heteroatoms. The Bertz CT molecular complexity index is 293. The maximum Gasteiger partial charge on any atom is 0.304 e. The molecule has 1 heterocycles. The molecule has 0 aromatic rings. The van der Waals surface area contributed by atoms with Gasteiger partial charge in [-0.25, -0.2) is 0 Å². The molecule has 0 unspecified atom stereocenters. The Hall–Kier alpha value is -1.10. The van der Waals surface area contributed by atoms with Crippen LogP contribution in [0.5, 0.6) is 0 Å². The Morgan fingerprint density at radius 3 is 2.24 bits per heavy atom. The fourth-order valence-electron chi connectivity index (χ4n) is 1.71. The van der Waals surface area contributed by atoms with Crippen molar-refractivity contribution in [3.8, 4) is 0 Å². The van der Waals surface area contributed by atoms with Gasteiger partial charge in [-0.2, -0.15) is 0 Å². The molecule has 1 saturated heterocycles. The van der Waals surface area contributed by atoms with Gasteiger partial charge in [-0.1, -0.05) is 0 Å². The van der Waals surface area contributed by atoms with E-state index in [1.807, 2.05) is 30.6 Å². The van der Waals surface area contributed by atoms with E-state index in [2.05, 4.69) is 0 Å². The van der Waals surface area contributed by atoms with E-state index in [9.17, 15) is 9.59 Å². The number of aliphatic carboxylic acids is 1. The maximum absolute atomic E-state index is 11.9. The molecule has 0 radical (unpaired) electrons. The summed E-state index contributed by atoms with van der Waals surface area (Å²) < 4.78 is 0. The lowest BCUT2D eigenvalue weighted by Crippen LogP contribution is -2.52.